The van der Waals surface area contributed by atoms with Gasteiger partial charge in [-0.15, -0.1) is 0 Å². The lowest BCUT2D eigenvalue weighted by molar-refractivity contribution is 0.00717. The predicted molar refractivity (Wildman–Crippen MR) is 118 cm³/mol. The fourth-order valence-corrected chi connectivity index (χ4v) is 3.65. The van der Waals surface area contributed by atoms with Crippen LogP contribution in [0.2, 0.25) is 0 Å². The van der Waals surface area contributed by atoms with Gasteiger partial charge < -0.3 is 24.2 Å². The number of hydrogen-bond donors (Lipinski definition) is 1. The van der Waals surface area contributed by atoms with Crippen molar-refractivity contribution in [3.8, 4) is 11.5 Å². The number of nitrogens with zero attached hydrogens (tertiary/aromatic N) is 2. The maximum absolute atomic E-state index is 10.3. The van der Waals surface area contributed by atoms with E-state index in [1.807, 2.05) is 42.5 Å². The number of piperazine rings is 1. The Balaban J connectivity index is 1.30. The zero-order valence-corrected chi connectivity index (χ0v) is 18.4. The van der Waals surface area contributed by atoms with E-state index in [-0.39, 0.29) is 0 Å². The van der Waals surface area contributed by atoms with Crippen molar-refractivity contribution in [2.45, 2.75) is 6.10 Å². The monoisotopic (exact) mass is 464 g/mol. The van der Waals surface area contributed by atoms with E-state index >= 15 is 0 Å². The highest BCUT2D eigenvalue weighted by molar-refractivity contribution is 9.10. The maximum Gasteiger partial charge on any atom is 0.142 e. The zero-order valence-electron chi connectivity index (χ0n) is 16.8. The molecule has 2 aromatic rings. The smallest absolute Gasteiger partial charge is 0.142 e. The first-order valence-electron chi connectivity index (χ1n) is 9.90. The van der Waals surface area contributed by atoms with Crippen molar-refractivity contribution in [2.24, 2.45) is 0 Å². The van der Waals surface area contributed by atoms with Crippen LogP contribution in [0.3, 0.4) is 0 Å². The van der Waals surface area contributed by atoms with Crippen LogP contribution in [0.4, 0.5) is 5.69 Å². The van der Waals surface area contributed by atoms with Crippen LogP contribution in [-0.2, 0) is 4.74 Å². The third-order valence-electron chi connectivity index (χ3n) is 4.89. The average molecular weight is 465 g/mol. The lowest BCUT2D eigenvalue weighted by atomic mass is 10.2. The summed E-state index contributed by atoms with van der Waals surface area (Å²) in [5.41, 5.74) is 1.13. The Morgan fingerprint density at radius 2 is 1.72 bits per heavy atom. The Hall–Kier alpha value is -1.80. The van der Waals surface area contributed by atoms with E-state index in [1.165, 1.54) is 0 Å². The molecule has 0 unspecified atom stereocenters. The van der Waals surface area contributed by atoms with Crippen LogP contribution in [0.15, 0.2) is 53.0 Å². The number of para-hydroxylation sites is 2. The van der Waals surface area contributed by atoms with Crippen LogP contribution in [0.5, 0.6) is 11.5 Å². The average Bonchev–Trinajstić information content (AvgIpc) is 2.75. The van der Waals surface area contributed by atoms with Crippen molar-refractivity contribution in [3.05, 3.63) is 53.0 Å². The molecule has 0 spiro atoms. The molecule has 3 rings (SSSR count). The Labute approximate surface area is 181 Å². The fraction of sp³-hybridized carbons (Fsp3) is 0.455. The molecule has 0 bridgehead atoms. The molecule has 0 aliphatic carbocycles. The molecule has 1 N–H and O–H groups in total. The normalized spacial score (nSPS) is 15.9. The van der Waals surface area contributed by atoms with Gasteiger partial charge in [-0.3, -0.25) is 4.90 Å². The minimum Gasteiger partial charge on any atom is -0.495 e. The number of benzene rings is 2. The van der Waals surface area contributed by atoms with Crippen molar-refractivity contribution < 1.29 is 19.3 Å². The van der Waals surface area contributed by atoms with Gasteiger partial charge in [-0.05, 0) is 36.4 Å². The number of aliphatic hydroxyl groups excluding tert-OH is 1. The highest BCUT2D eigenvalue weighted by atomic mass is 79.9. The molecule has 1 saturated heterocycles. The van der Waals surface area contributed by atoms with Gasteiger partial charge >= 0.3 is 0 Å². The molecule has 1 aliphatic heterocycles. The van der Waals surface area contributed by atoms with Crippen molar-refractivity contribution in [3.63, 3.8) is 0 Å². The lowest BCUT2D eigenvalue weighted by Crippen LogP contribution is -2.49. The molecule has 1 atom stereocenters. The number of methoxy groups -OCH3 is 1. The molecular weight excluding hydrogens is 436 g/mol. The highest BCUT2D eigenvalue weighted by Crippen LogP contribution is 2.28. The van der Waals surface area contributed by atoms with Crippen molar-refractivity contribution in [2.75, 3.05) is 64.6 Å². The van der Waals surface area contributed by atoms with Crippen LogP contribution >= 0.6 is 15.9 Å². The third-order valence-corrected chi connectivity index (χ3v) is 5.42. The molecule has 1 heterocycles. The molecule has 6 nitrogen and oxygen atoms in total. The Morgan fingerprint density at radius 3 is 2.45 bits per heavy atom. The maximum atomic E-state index is 10.3. The predicted octanol–water partition coefficient (Wildman–Crippen LogP) is 3.04. The summed E-state index contributed by atoms with van der Waals surface area (Å²) >= 11 is 3.40. The number of halogens is 1. The first-order valence-corrected chi connectivity index (χ1v) is 10.7. The quantitative estimate of drug-likeness (QED) is 0.545. The van der Waals surface area contributed by atoms with Gasteiger partial charge in [-0.25, -0.2) is 0 Å². The summed E-state index contributed by atoms with van der Waals surface area (Å²) in [6.07, 6.45) is -0.500. The molecular formula is C22H29BrN2O4. The number of anilines is 1. The largest absolute Gasteiger partial charge is 0.495 e. The molecule has 0 aromatic heterocycles. The number of aliphatic hydroxyl groups is 1. The topological polar surface area (TPSA) is 54.4 Å². The van der Waals surface area contributed by atoms with E-state index in [2.05, 4.69) is 31.8 Å². The van der Waals surface area contributed by atoms with Crippen LogP contribution in [0.1, 0.15) is 0 Å². The molecule has 2 aromatic carbocycles. The second kappa shape index (κ2) is 11.4. The summed E-state index contributed by atoms with van der Waals surface area (Å²) < 4.78 is 17.7. The minimum atomic E-state index is -0.500. The number of rotatable bonds is 10. The summed E-state index contributed by atoms with van der Waals surface area (Å²) in [4.78, 5) is 4.61. The fourth-order valence-electron chi connectivity index (χ4n) is 3.38. The van der Waals surface area contributed by atoms with Crippen molar-refractivity contribution in [1.82, 2.24) is 4.90 Å². The lowest BCUT2D eigenvalue weighted by Gasteiger charge is -2.37. The standard InChI is InChI=1S/C22H29BrN2O4/c1-27-22-5-3-2-4-21(22)25-12-10-24(11-13-25)16-19(26)17-28-14-15-29-20-8-6-18(23)7-9-20/h2-9,19,26H,10-17H2,1H3/t19-/m1/s1. The summed E-state index contributed by atoms with van der Waals surface area (Å²) in [6, 6.07) is 15.8. The zero-order chi connectivity index (χ0) is 20.5. The van der Waals surface area contributed by atoms with Crippen molar-refractivity contribution in [1.29, 1.82) is 0 Å². The van der Waals surface area contributed by atoms with Gasteiger partial charge in [0.15, 0.2) is 0 Å². The Bertz CT molecular complexity index is 736. The molecule has 1 fully saturated rings. The second-order valence-corrected chi connectivity index (χ2v) is 7.91. The van der Waals surface area contributed by atoms with Crippen molar-refractivity contribution >= 4 is 21.6 Å². The summed E-state index contributed by atoms with van der Waals surface area (Å²) in [5, 5.41) is 10.3. The first-order chi connectivity index (χ1) is 14.2. The minimum absolute atomic E-state index is 0.316. The number of β-amino-alcohol motifs (C(OH)–C–C–N with tert-alkyl or cyclic N) is 1. The van der Waals surface area contributed by atoms with Gasteiger partial charge in [0.05, 0.1) is 32.1 Å². The van der Waals surface area contributed by atoms with E-state index in [4.69, 9.17) is 14.2 Å². The van der Waals surface area contributed by atoms with E-state index in [1.54, 1.807) is 7.11 Å². The Kier molecular flexibility index (Phi) is 8.61. The summed E-state index contributed by atoms with van der Waals surface area (Å²) in [5.74, 6) is 1.71. The highest BCUT2D eigenvalue weighted by Gasteiger charge is 2.21. The molecule has 158 valence electrons. The summed E-state index contributed by atoms with van der Waals surface area (Å²) in [6.45, 7) is 5.48. The van der Waals surface area contributed by atoms with Gasteiger partial charge in [0, 0.05) is 37.2 Å². The molecule has 0 radical (unpaired) electrons. The van der Waals surface area contributed by atoms with Gasteiger partial charge in [0.2, 0.25) is 0 Å². The first kappa shape index (κ1) is 21.9. The van der Waals surface area contributed by atoms with Gasteiger partial charge in [0.1, 0.15) is 18.1 Å². The van der Waals surface area contributed by atoms with Crippen LogP contribution < -0.4 is 14.4 Å². The van der Waals surface area contributed by atoms with E-state index in [9.17, 15) is 5.11 Å². The number of ether oxygens (including phenoxy) is 3. The van der Waals surface area contributed by atoms with Gasteiger partial charge in [-0.2, -0.15) is 0 Å². The molecule has 29 heavy (non-hydrogen) atoms. The van der Waals surface area contributed by atoms with Crippen LogP contribution in [0, 0.1) is 0 Å². The molecule has 1 aliphatic rings. The number of hydrogen-bond acceptors (Lipinski definition) is 6. The summed E-state index contributed by atoms with van der Waals surface area (Å²) in [7, 11) is 1.70. The molecule has 0 amide bonds. The van der Waals surface area contributed by atoms with Crippen LogP contribution in [0.25, 0.3) is 0 Å². The van der Waals surface area contributed by atoms with E-state index < -0.39 is 6.10 Å². The third kappa shape index (κ3) is 6.89. The van der Waals surface area contributed by atoms with E-state index in [0.29, 0.717) is 26.4 Å². The SMILES string of the molecule is COc1ccccc1N1CCN(C[C@@H](O)COCCOc2ccc(Br)cc2)CC1. The van der Waals surface area contributed by atoms with Gasteiger partial charge in [-0.1, -0.05) is 28.1 Å². The van der Waals surface area contributed by atoms with Gasteiger partial charge in [0.25, 0.3) is 0 Å². The van der Waals surface area contributed by atoms with E-state index in [0.717, 1.165) is 47.8 Å². The second-order valence-electron chi connectivity index (χ2n) is 6.99. The molecule has 7 heteroatoms. The molecule has 0 saturated carbocycles. The Morgan fingerprint density at radius 1 is 1.00 bits per heavy atom. The van der Waals surface area contributed by atoms with Crippen LogP contribution in [-0.4, -0.2) is 75.8 Å².